The zero-order valence-electron chi connectivity index (χ0n) is 10.2. The third-order valence-corrected chi connectivity index (χ3v) is 2.61. The van der Waals surface area contributed by atoms with Crippen molar-refractivity contribution in [2.45, 2.75) is 0 Å². The molecule has 20 heavy (non-hydrogen) atoms. The maximum Gasteiger partial charge on any atom is 0.278 e. The van der Waals surface area contributed by atoms with E-state index in [1.807, 2.05) is 0 Å². The number of benzene rings is 1. The number of rotatable bonds is 3. The molecule has 0 amide bonds. The molecule has 1 aromatic carbocycles. The fourth-order valence-corrected chi connectivity index (χ4v) is 1.66. The van der Waals surface area contributed by atoms with Crippen LogP contribution < -0.4 is 11.0 Å². The monoisotopic (exact) mass is 270 g/mol. The van der Waals surface area contributed by atoms with Crippen LogP contribution in [0.25, 0.3) is 11.2 Å². The van der Waals surface area contributed by atoms with Gasteiger partial charge in [0.25, 0.3) is 5.56 Å². The molecule has 0 fully saturated rings. The predicted molar refractivity (Wildman–Crippen MR) is 73.8 cm³/mol. The summed E-state index contributed by atoms with van der Waals surface area (Å²) in [5.74, 6) is 0.281. The highest BCUT2D eigenvalue weighted by molar-refractivity contribution is 5.83. The van der Waals surface area contributed by atoms with Crippen molar-refractivity contribution in [3.05, 3.63) is 46.5 Å². The van der Waals surface area contributed by atoms with E-state index in [-0.39, 0.29) is 17.3 Å². The molecule has 0 aliphatic heterocycles. The number of nitrogens with zero attached hydrogens (tertiary/aromatic N) is 3. The number of hydrogen-bond acceptors (Lipinski definition) is 6. The molecule has 0 radical (unpaired) electrons. The van der Waals surface area contributed by atoms with E-state index in [0.29, 0.717) is 16.7 Å². The number of anilines is 1. The van der Waals surface area contributed by atoms with Crippen LogP contribution in [-0.4, -0.2) is 31.3 Å². The third-order valence-electron chi connectivity index (χ3n) is 2.61. The Bertz CT molecular complexity index is 835. The highest BCUT2D eigenvalue weighted by atomic mass is 16.3. The van der Waals surface area contributed by atoms with E-state index >= 15 is 0 Å². The lowest BCUT2D eigenvalue weighted by atomic mass is 10.2. The van der Waals surface area contributed by atoms with Gasteiger partial charge < -0.3 is 10.1 Å². The van der Waals surface area contributed by atoms with E-state index in [9.17, 15) is 9.90 Å². The number of hydrazone groups is 1. The predicted octanol–water partition coefficient (Wildman–Crippen LogP) is 0.798. The number of aromatic nitrogens is 4. The van der Waals surface area contributed by atoms with Gasteiger partial charge in [-0.05, 0) is 12.1 Å². The molecule has 3 aromatic rings. The summed E-state index contributed by atoms with van der Waals surface area (Å²) in [5, 5.41) is 13.5. The molecule has 0 saturated carbocycles. The van der Waals surface area contributed by atoms with Crippen LogP contribution in [0.4, 0.5) is 5.95 Å². The Hall–Kier alpha value is -3.16. The minimum Gasteiger partial charge on any atom is -0.507 e. The molecular weight excluding hydrogens is 260 g/mol. The molecule has 0 aliphatic rings. The summed E-state index contributed by atoms with van der Waals surface area (Å²) in [6.45, 7) is 0. The van der Waals surface area contributed by atoms with Crippen LogP contribution in [0, 0.1) is 0 Å². The summed E-state index contributed by atoms with van der Waals surface area (Å²) in [4.78, 5) is 24.8. The summed E-state index contributed by atoms with van der Waals surface area (Å²) in [5.41, 5.74) is 3.39. The Kier molecular flexibility index (Phi) is 2.88. The van der Waals surface area contributed by atoms with E-state index in [1.165, 1.54) is 12.5 Å². The molecule has 8 nitrogen and oxygen atoms in total. The van der Waals surface area contributed by atoms with Crippen molar-refractivity contribution in [3.63, 3.8) is 0 Å². The van der Waals surface area contributed by atoms with E-state index in [4.69, 9.17) is 0 Å². The largest absolute Gasteiger partial charge is 0.507 e. The number of aromatic amines is 2. The van der Waals surface area contributed by atoms with Gasteiger partial charge in [-0.25, -0.2) is 10.4 Å². The summed E-state index contributed by atoms with van der Waals surface area (Å²) in [6.07, 6.45) is 2.81. The topological polar surface area (TPSA) is 119 Å². The number of hydrogen-bond donors (Lipinski definition) is 4. The van der Waals surface area contributed by atoms with E-state index in [2.05, 4.69) is 30.5 Å². The maximum absolute atomic E-state index is 11.6. The standard InChI is InChI=1S/C12H10N6O2/c19-8-4-2-1-3-7(8)5-15-18-12-16-10-9(11(20)17-12)13-6-14-10/h1-6,19H,(H3,13,14,16,17,18,20). The fourth-order valence-electron chi connectivity index (χ4n) is 1.66. The molecular formula is C12H10N6O2. The molecule has 8 heteroatoms. The van der Waals surface area contributed by atoms with Gasteiger partial charge in [0.2, 0.25) is 5.95 Å². The maximum atomic E-state index is 11.6. The Labute approximate surface area is 112 Å². The molecule has 2 heterocycles. The lowest BCUT2D eigenvalue weighted by molar-refractivity contribution is 0.474. The van der Waals surface area contributed by atoms with Crippen LogP contribution in [0.1, 0.15) is 5.56 Å². The van der Waals surface area contributed by atoms with Crippen molar-refractivity contribution in [1.82, 2.24) is 19.9 Å². The number of phenols is 1. The van der Waals surface area contributed by atoms with Crippen molar-refractivity contribution < 1.29 is 5.11 Å². The molecule has 0 unspecified atom stereocenters. The Morgan fingerprint density at radius 2 is 2.20 bits per heavy atom. The van der Waals surface area contributed by atoms with Crippen molar-refractivity contribution in [3.8, 4) is 5.75 Å². The molecule has 3 rings (SSSR count). The minimum atomic E-state index is -0.340. The second kappa shape index (κ2) is 4.84. The van der Waals surface area contributed by atoms with Gasteiger partial charge in [0.1, 0.15) is 5.75 Å². The van der Waals surface area contributed by atoms with Crippen molar-refractivity contribution in [1.29, 1.82) is 0 Å². The van der Waals surface area contributed by atoms with E-state index in [0.717, 1.165) is 0 Å². The van der Waals surface area contributed by atoms with Gasteiger partial charge in [0.15, 0.2) is 11.2 Å². The summed E-state index contributed by atoms with van der Waals surface area (Å²) in [6, 6.07) is 6.74. The molecule has 0 saturated heterocycles. The SMILES string of the molecule is O=c1[nH]c(NN=Cc2ccccc2O)nc2nc[nH]c12. The first-order chi connectivity index (χ1) is 9.74. The van der Waals surface area contributed by atoms with Crippen LogP contribution in [0.3, 0.4) is 0 Å². The normalized spacial score (nSPS) is 11.2. The van der Waals surface area contributed by atoms with Crippen LogP contribution in [-0.2, 0) is 0 Å². The highest BCUT2D eigenvalue weighted by Crippen LogP contribution is 2.12. The van der Waals surface area contributed by atoms with Crippen LogP contribution >= 0.6 is 0 Å². The second-order valence-electron chi connectivity index (χ2n) is 3.94. The van der Waals surface area contributed by atoms with Gasteiger partial charge in [-0.15, -0.1) is 0 Å². The number of H-pyrrole nitrogens is 2. The minimum absolute atomic E-state index is 0.113. The summed E-state index contributed by atoms with van der Waals surface area (Å²) >= 11 is 0. The van der Waals surface area contributed by atoms with Gasteiger partial charge in [0.05, 0.1) is 12.5 Å². The zero-order chi connectivity index (χ0) is 13.9. The van der Waals surface area contributed by atoms with Crippen molar-refractivity contribution >= 4 is 23.3 Å². The molecule has 0 atom stereocenters. The molecule has 100 valence electrons. The molecule has 0 spiro atoms. The molecule has 4 N–H and O–H groups in total. The Morgan fingerprint density at radius 3 is 3.05 bits per heavy atom. The highest BCUT2D eigenvalue weighted by Gasteiger charge is 2.04. The number of nitrogens with one attached hydrogen (secondary N) is 3. The van der Waals surface area contributed by atoms with Gasteiger partial charge in [0, 0.05) is 5.56 Å². The van der Waals surface area contributed by atoms with Gasteiger partial charge >= 0.3 is 0 Å². The summed E-state index contributed by atoms with van der Waals surface area (Å²) < 4.78 is 0. The second-order valence-corrected chi connectivity index (χ2v) is 3.94. The lowest BCUT2D eigenvalue weighted by Gasteiger charge is -1.99. The van der Waals surface area contributed by atoms with E-state index in [1.54, 1.807) is 24.3 Å². The van der Waals surface area contributed by atoms with Gasteiger partial charge in [-0.2, -0.15) is 10.1 Å². The molecule has 0 aliphatic carbocycles. The quantitative estimate of drug-likeness (QED) is 0.414. The number of imidazole rings is 1. The fraction of sp³-hybridized carbons (Fsp3) is 0. The number of para-hydroxylation sites is 1. The first-order valence-electron chi connectivity index (χ1n) is 5.74. The van der Waals surface area contributed by atoms with E-state index < -0.39 is 0 Å². The smallest absolute Gasteiger partial charge is 0.278 e. The van der Waals surface area contributed by atoms with Crippen molar-refractivity contribution in [2.75, 3.05) is 5.43 Å². The van der Waals surface area contributed by atoms with Gasteiger partial charge in [-0.3, -0.25) is 9.78 Å². The number of phenolic OH excluding ortho intramolecular Hbond substituents is 1. The average Bonchev–Trinajstić information content (AvgIpc) is 2.90. The average molecular weight is 270 g/mol. The summed E-state index contributed by atoms with van der Waals surface area (Å²) in [7, 11) is 0. The Balaban J connectivity index is 1.83. The first-order valence-corrected chi connectivity index (χ1v) is 5.74. The van der Waals surface area contributed by atoms with Crippen molar-refractivity contribution in [2.24, 2.45) is 5.10 Å². The molecule has 0 bridgehead atoms. The lowest BCUT2D eigenvalue weighted by Crippen LogP contribution is -2.11. The molecule has 2 aromatic heterocycles. The third kappa shape index (κ3) is 2.21. The van der Waals surface area contributed by atoms with Crippen LogP contribution in [0.15, 0.2) is 40.5 Å². The van der Waals surface area contributed by atoms with Crippen LogP contribution in [0.2, 0.25) is 0 Å². The Morgan fingerprint density at radius 1 is 1.35 bits per heavy atom. The number of fused-ring (bicyclic) bond motifs is 1. The van der Waals surface area contributed by atoms with Crippen LogP contribution in [0.5, 0.6) is 5.75 Å². The number of aromatic hydroxyl groups is 1. The first kappa shape index (κ1) is 11.9. The van der Waals surface area contributed by atoms with Gasteiger partial charge in [-0.1, -0.05) is 12.1 Å². The zero-order valence-corrected chi connectivity index (χ0v) is 10.2.